The van der Waals surface area contributed by atoms with Gasteiger partial charge in [0.1, 0.15) is 0 Å². The molecule has 0 aromatic carbocycles. The monoisotopic (exact) mass is 266 g/mol. The second kappa shape index (κ2) is 8.97. The molecule has 0 aliphatic carbocycles. The van der Waals surface area contributed by atoms with Gasteiger partial charge in [-0.05, 0) is 38.8 Å². The topological polar surface area (TPSA) is 30.9 Å². The van der Waals surface area contributed by atoms with Crippen LogP contribution in [0, 0.1) is 0 Å². The van der Waals surface area contributed by atoms with Gasteiger partial charge in [0.2, 0.25) is 0 Å². The molecule has 0 spiro atoms. The summed E-state index contributed by atoms with van der Waals surface area (Å²) in [4.78, 5) is 9.12. The quantitative estimate of drug-likeness (QED) is 0.331. The molecule has 1 aliphatic rings. The van der Waals surface area contributed by atoms with Gasteiger partial charge >= 0.3 is 0 Å². The Morgan fingerprint density at radius 1 is 1.58 bits per heavy atom. The molecule has 1 saturated heterocycles. The highest BCUT2D eigenvalue weighted by Crippen LogP contribution is 2.15. The molecule has 1 atom stereocenters. The zero-order valence-corrected chi connectivity index (χ0v) is 12.9. The van der Waals surface area contributed by atoms with Crippen molar-refractivity contribution in [3.63, 3.8) is 0 Å². The predicted molar refractivity (Wildman–Crippen MR) is 83.7 cm³/mol. The van der Waals surface area contributed by atoms with Crippen LogP contribution < -0.4 is 5.32 Å². The van der Waals surface area contributed by atoms with Crippen LogP contribution in [-0.2, 0) is 0 Å². The van der Waals surface area contributed by atoms with E-state index in [1.807, 2.05) is 13.1 Å². The number of rotatable bonds is 7. The van der Waals surface area contributed by atoms with Crippen LogP contribution in [0.3, 0.4) is 0 Å². The van der Waals surface area contributed by atoms with Gasteiger partial charge in [0.15, 0.2) is 5.96 Å². The average Bonchev–Trinajstić information content (AvgIpc) is 2.87. The van der Waals surface area contributed by atoms with E-state index in [-0.39, 0.29) is 0 Å². The number of aliphatic imine (C=N–C) groups is 1. The van der Waals surface area contributed by atoms with Crippen LogP contribution in [-0.4, -0.2) is 62.1 Å². The molecule has 1 N–H and O–H groups in total. The first-order valence-electron chi connectivity index (χ1n) is 7.49. The number of hydrogen-bond donors (Lipinski definition) is 1. The normalized spacial score (nSPS) is 20.6. The highest BCUT2D eigenvalue weighted by Gasteiger charge is 2.23. The second-order valence-corrected chi connectivity index (χ2v) is 5.21. The van der Waals surface area contributed by atoms with Crippen LogP contribution in [0.5, 0.6) is 0 Å². The third kappa shape index (κ3) is 5.23. The Bertz CT molecular complexity index is 288. The van der Waals surface area contributed by atoms with Gasteiger partial charge in [0, 0.05) is 33.2 Å². The van der Waals surface area contributed by atoms with Crippen LogP contribution in [0.4, 0.5) is 0 Å². The van der Waals surface area contributed by atoms with E-state index >= 15 is 0 Å². The molecule has 1 fully saturated rings. The van der Waals surface area contributed by atoms with Crippen molar-refractivity contribution in [3.8, 4) is 0 Å². The predicted octanol–water partition coefficient (Wildman–Crippen LogP) is 1.94. The Hall–Kier alpha value is -1.03. The fourth-order valence-corrected chi connectivity index (χ4v) is 2.72. The molecule has 0 aromatic rings. The Labute approximate surface area is 118 Å². The van der Waals surface area contributed by atoms with Crippen molar-refractivity contribution >= 4 is 5.96 Å². The summed E-state index contributed by atoms with van der Waals surface area (Å²) < 4.78 is 0. The van der Waals surface area contributed by atoms with Crippen molar-refractivity contribution in [3.05, 3.63) is 12.7 Å². The summed E-state index contributed by atoms with van der Waals surface area (Å²) in [6.45, 7) is 10.4. The van der Waals surface area contributed by atoms with E-state index in [1.165, 1.54) is 19.4 Å². The number of nitrogens with one attached hydrogen (secondary N) is 1. The SMILES string of the molecule is C=CCCCN(C)C(=NC)NCC1CCCN1CC. The van der Waals surface area contributed by atoms with Gasteiger partial charge in [-0.3, -0.25) is 9.89 Å². The maximum Gasteiger partial charge on any atom is 0.193 e. The molecule has 0 aromatic heterocycles. The molecule has 0 radical (unpaired) electrons. The molecule has 110 valence electrons. The molecular weight excluding hydrogens is 236 g/mol. The van der Waals surface area contributed by atoms with Gasteiger partial charge in [-0.25, -0.2) is 0 Å². The molecule has 1 rings (SSSR count). The summed E-state index contributed by atoms with van der Waals surface area (Å²) in [5.41, 5.74) is 0. The maximum atomic E-state index is 4.37. The van der Waals surface area contributed by atoms with Crippen LogP contribution >= 0.6 is 0 Å². The van der Waals surface area contributed by atoms with E-state index in [4.69, 9.17) is 0 Å². The van der Waals surface area contributed by atoms with Crippen molar-refractivity contribution in [1.82, 2.24) is 15.1 Å². The molecule has 0 saturated carbocycles. The van der Waals surface area contributed by atoms with Gasteiger partial charge in [-0.15, -0.1) is 6.58 Å². The van der Waals surface area contributed by atoms with E-state index in [2.05, 4.69) is 40.7 Å². The molecule has 1 aliphatic heterocycles. The van der Waals surface area contributed by atoms with Crippen LogP contribution in [0.2, 0.25) is 0 Å². The zero-order chi connectivity index (χ0) is 14.1. The Morgan fingerprint density at radius 3 is 3.00 bits per heavy atom. The molecular formula is C15H30N4. The smallest absolute Gasteiger partial charge is 0.193 e. The molecule has 1 unspecified atom stereocenters. The number of allylic oxidation sites excluding steroid dienone is 1. The Morgan fingerprint density at radius 2 is 2.37 bits per heavy atom. The first-order valence-corrected chi connectivity index (χ1v) is 7.49. The highest BCUT2D eigenvalue weighted by molar-refractivity contribution is 5.79. The number of hydrogen-bond acceptors (Lipinski definition) is 2. The molecule has 19 heavy (non-hydrogen) atoms. The largest absolute Gasteiger partial charge is 0.355 e. The lowest BCUT2D eigenvalue weighted by atomic mass is 10.2. The van der Waals surface area contributed by atoms with Crippen molar-refractivity contribution < 1.29 is 0 Å². The Kier molecular flexibility index (Phi) is 7.56. The third-order valence-electron chi connectivity index (χ3n) is 3.88. The van der Waals surface area contributed by atoms with Crippen LogP contribution in [0.25, 0.3) is 0 Å². The molecule has 4 nitrogen and oxygen atoms in total. The first-order chi connectivity index (χ1) is 9.22. The number of unbranched alkanes of at least 4 members (excludes halogenated alkanes) is 1. The second-order valence-electron chi connectivity index (χ2n) is 5.21. The van der Waals surface area contributed by atoms with Crippen molar-refractivity contribution in [2.75, 3.05) is 40.3 Å². The maximum absolute atomic E-state index is 4.37. The van der Waals surface area contributed by atoms with Gasteiger partial charge in [-0.2, -0.15) is 0 Å². The van der Waals surface area contributed by atoms with E-state index in [0.29, 0.717) is 6.04 Å². The first kappa shape index (κ1) is 16.0. The fraction of sp³-hybridized carbons (Fsp3) is 0.800. The fourth-order valence-electron chi connectivity index (χ4n) is 2.72. The minimum atomic E-state index is 0.670. The van der Waals surface area contributed by atoms with Crippen molar-refractivity contribution in [2.45, 2.75) is 38.6 Å². The van der Waals surface area contributed by atoms with Crippen LogP contribution in [0.1, 0.15) is 32.6 Å². The van der Waals surface area contributed by atoms with E-state index < -0.39 is 0 Å². The van der Waals surface area contributed by atoms with E-state index in [0.717, 1.165) is 38.4 Å². The summed E-state index contributed by atoms with van der Waals surface area (Å²) in [6.07, 6.45) is 6.80. The van der Waals surface area contributed by atoms with Crippen molar-refractivity contribution in [1.29, 1.82) is 0 Å². The number of guanidine groups is 1. The van der Waals surface area contributed by atoms with Gasteiger partial charge in [0.05, 0.1) is 0 Å². The summed E-state index contributed by atoms with van der Waals surface area (Å²) >= 11 is 0. The zero-order valence-electron chi connectivity index (χ0n) is 12.9. The van der Waals surface area contributed by atoms with Gasteiger partial charge < -0.3 is 10.2 Å². The Balaban J connectivity index is 2.33. The van der Waals surface area contributed by atoms with E-state index in [1.54, 1.807) is 0 Å². The molecule has 0 bridgehead atoms. The summed E-state index contributed by atoms with van der Waals surface area (Å²) in [7, 11) is 3.96. The number of likely N-dealkylation sites (tertiary alicyclic amines) is 1. The van der Waals surface area contributed by atoms with Crippen LogP contribution in [0.15, 0.2) is 17.6 Å². The van der Waals surface area contributed by atoms with Crippen molar-refractivity contribution in [2.24, 2.45) is 4.99 Å². The van der Waals surface area contributed by atoms with E-state index in [9.17, 15) is 0 Å². The average molecular weight is 266 g/mol. The minimum absolute atomic E-state index is 0.670. The summed E-state index contributed by atoms with van der Waals surface area (Å²) in [6, 6.07) is 0.670. The van der Waals surface area contributed by atoms with Gasteiger partial charge in [0.25, 0.3) is 0 Å². The highest BCUT2D eigenvalue weighted by atomic mass is 15.3. The minimum Gasteiger partial charge on any atom is -0.355 e. The number of likely N-dealkylation sites (N-methyl/N-ethyl adjacent to an activating group) is 1. The lowest BCUT2D eigenvalue weighted by molar-refractivity contribution is 0.265. The molecule has 4 heteroatoms. The summed E-state index contributed by atoms with van der Waals surface area (Å²) in [5.74, 6) is 1.01. The van der Waals surface area contributed by atoms with Gasteiger partial charge in [-0.1, -0.05) is 13.0 Å². The lowest BCUT2D eigenvalue weighted by Crippen LogP contribution is -2.45. The third-order valence-corrected chi connectivity index (χ3v) is 3.88. The lowest BCUT2D eigenvalue weighted by Gasteiger charge is -2.27. The standard InChI is InChI=1S/C15H30N4/c1-5-7-8-11-18(4)15(16-3)17-13-14-10-9-12-19(14)6-2/h5,14H,1,6-13H2,2-4H3,(H,16,17). The summed E-state index contributed by atoms with van der Waals surface area (Å²) in [5, 5.41) is 3.51. The molecule has 1 heterocycles. The molecule has 0 amide bonds. The number of nitrogens with zero attached hydrogens (tertiary/aromatic N) is 3.